The second kappa shape index (κ2) is 8.66. The van der Waals surface area contributed by atoms with Gasteiger partial charge in [-0.3, -0.25) is 0 Å². The molecule has 1 N–H and O–H groups in total. The zero-order valence-corrected chi connectivity index (χ0v) is 16.0. The molecule has 0 spiro atoms. The topological polar surface area (TPSA) is 15.3 Å². The molecule has 21 heavy (non-hydrogen) atoms. The highest BCUT2D eigenvalue weighted by atomic mass is 79.9. The Labute approximate surface area is 142 Å². The van der Waals surface area contributed by atoms with Crippen molar-refractivity contribution >= 4 is 27.3 Å². The van der Waals surface area contributed by atoms with Crippen LogP contribution in [-0.2, 0) is 6.54 Å². The lowest BCUT2D eigenvalue weighted by Gasteiger charge is -2.37. The zero-order chi connectivity index (χ0) is 15.2. The summed E-state index contributed by atoms with van der Waals surface area (Å²) >= 11 is 5.40. The van der Waals surface area contributed by atoms with Gasteiger partial charge >= 0.3 is 0 Å². The molecule has 0 aromatic carbocycles. The van der Waals surface area contributed by atoms with Crippen molar-refractivity contribution in [1.29, 1.82) is 0 Å². The Hall–Kier alpha value is 0.1000. The average Bonchev–Trinajstić information content (AvgIpc) is 2.83. The van der Waals surface area contributed by atoms with Gasteiger partial charge in [-0.1, -0.05) is 13.8 Å². The molecule has 2 rings (SSSR count). The molecule has 3 atom stereocenters. The Morgan fingerprint density at radius 1 is 1.43 bits per heavy atom. The van der Waals surface area contributed by atoms with E-state index in [1.807, 2.05) is 11.3 Å². The molecule has 1 aliphatic rings. The van der Waals surface area contributed by atoms with Crippen molar-refractivity contribution < 1.29 is 0 Å². The summed E-state index contributed by atoms with van der Waals surface area (Å²) in [5.74, 6) is 1.69. The summed E-state index contributed by atoms with van der Waals surface area (Å²) in [7, 11) is 2.27. The minimum absolute atomic E-state index is 0.721. The maximum absolute atomic E-state index is 3.78. The van der Waals surface area contributed by atoms with Gasteiger partial charge in [0.2, 0.25) is 0 Å². The molecule has 1 heterocycles. The van der Waals surface area contributed by atoms with Crippen molar-refractivity contribution in [3.05, 3.63) is 20.8 Å². The van der Waals surface area contributed by atoms with Crippen molar-refractivity contribution in [3.8, 4) is 0 Å². The average molecular weight is 373 g/mol. The van der Waals surface area contributed by atoms with Gasteiger partial charge in [0, 0.05) is 33.9 Å². The quantitative estimate of drug-likeness (QED) is 0.742. The highest BCUT2D eigenvalue weighted by Gasteiger charge is 2.28. The van der Waals surface area contributed by atoms with Crippen LogP contribution < -0.4 is 5.32 Å². The number of nitrogens with one attached hydrogen (secondary N) is 1. The summed E-state index contributed by atoms with van der Waals surface area (Å²) in [6, 6.07) is 2.97. The second-order valence-corrected chi connectivity index (χ2v) is 8.58. The summed E-state index contributed by atoms with van der Waals surface area (Å²) in [4.78, 5) is 3.95. The predicted octanol–water partition coefficient (Wildman–Crippen LogP) is 4.75. The van der Waals surface area contributed by atoms with Gasteiger partial charge in [-0.15, -0.1) is 11.3 Å². The first-order chi connectivity index (χ1) is 10.1. The molecular weight excluding hydrogens is 344 g/mol. The Bertz CT molecular complexity index is 419. The van der Waals surface area contributed by atoms with Crippen LogP contribution in [0.1, 0.15) is 44.4 Å². The highest BCUT2D eigenvalue weighted by Crippen LogP contribution is 2.30. The summed E-state index contributed by atoms with van der Waals surface area (Å²) < 4.78 is 1.21. The van der Waals surface area contributed by atoms with E-state index in [9.17, 15) is 0 Å². The molecule has 1 aromatic heterocycles. The molecule has 0 amide bonds. The SMILES string of the molecule is CCCNC1CCC(C)CC1CN(C)Cc1cc(Br)cs1. The van der Waals surface area contributed by atoms with Crippen LogP contribution in [0, 0.1) is 11.8 Å². The smallest absolute Gasteiger partial charge is 0.0325 e. The van der Waals surface area contributed by atoms with Gasteiger partial charge in [-0.2, -0.15) is 0 Å². The van der Waals surface area contributed by atoms with E-state index < -0.39 is 0 Å². The zero-order valence-electron chi connectivity index (χ0n) is 13.6. The van der Waals surface area contributed by atoms with Crippen LogP contribution in [-0.4, -0.2) is 31.1 Å². The van der Waals surface area contributed by atoms with Crippen molar-refractivity contribution in [2.75, 3.05) is 20.1 Å². The van der Waals surface area contributed by atoms with Crippen LogP contribution in [0.15, 0.2) is 15.9 Å². The van der Waals surface area contributed by atoms with Crippen molar-refractivity contribution in [1.82, 2.24) is 10.2 Å². The monoisotopic (exact) mass is 372 g/mol. The van der Waals surface area contributed by atoms with Gasteiger partial charge in [0.1, 0.15) is 0 Å². The Morgan fingerprint density at radius 2 is 2.24 bits per heavy atom. The number of hydrogen-bond donors (Lipinski definition) is 1. The molecule has 0 saturated heterocycles. The lowest BCUT2D eigenvalue weighted by Crippen LogP contribution is -2.45. The van der Waals surface area contributed by atoms with E-state index in [0.717, 1.165) is 31.0 Å². The van der Waals surface area contributed by atoms with Crippen LogP contribution in [0.3, 0.4) is 0 Å². The third-order valence-electron chi connectivity index (χ3n) is 4.49. The fourth-order valence-electron chi connectivity index (χ4n) is 3.47. The molecule has 1 fully saturated rings. The van der Waals surface area contributed by atoms with Crippen LogP contribution in [0.4, 0.5) is 0 Å². The van der Waals surface area contributed by atoms with Gasteiger partial charge in [-0.05, 0) is 73.1 Å². The summed E-state index contributed by atoms with van der Waals surface area (Å²) in [5, 5.41) is 5.96. The largest absolute Gasteiger partial charge is 0.314 e. The number of halogens is 1. The minimum Gasteiger partial charge on any atom is -0.314 e. The van der Waals surface area contributed by atoms with E-state index in [1.54, 1.807) is 0 Å². The molecule has 1 saturated carbocycles. The normalized spacial score (nSPS) is 26.4. The standard InChI is InChI=1S/C17H29BrN2S/c1-4-7-19-17-6-5-13(2)8-14(17)10-20(3)11-16-9-15(18)12-21-16/h9,12-14,17,19H,4-8,10-11H2,1-3H3. The Balaban J connectivity index is 1.87. The Kier molecular flexibility index (Phi) is 7.20. The van der Waals surface area contributed by atoms with Gasteiger partial charge in [0.05, 0.1) is 0 Å². The van der Waals surface area contributed by atoms with E-state index in [2.05, 4.69) is 58.5 Å². The van der Waals surface area contributed by atoms with E-state index >= 15 is 0 Å². The third kappa shape index (κ3) is 5.66. The molecule has 1 aliphatic carbocycles. The molecule has 120 valence electrons. The first-order valence-electron chi connectivity index (χ1n) is 8.23. The molecule has 4 heteroatoms. The molecule has 3 unspecified atom stereocenters. The first kappa shape index (κ1) is 17.5. The molecule has 2 nitrogen and oxygen atoms in total. The molecule has 0 radical (unpaired) electrons. The Morgan fingerprint density at radius 3 is 2.90 bits per heavy atom. The third-order valence-corrected chi connectivity index (χ3v) is 6.18. The lowest BCUT2D eigenvalue weighted by atomic mass is 9.78. The van der Waals surface area contributed by atoms with E-state index in [0.29, 0.717) is 0 Å². The summed E-state index contributed by atoms with van der Waals surface area (Å²) in [6.07, 6.45) is 5.35. The van der Waals surface area contributed by atoms with Crippen LogP contribution in [0.5, 0.6) is 0 Å². The fraction of sp³-hybridized carbons (Fsp3) is 0.765. The molecule has 0 aliphatic heterocycles. The molecule has 1 aromatic rings. The predicted molar refractivity (Wildman–Crippen MR) is 96.9 cm³/mol. The van der Waals surface area contributed by atoms with Crippen molar-refractivity contribution in [3.63, 3.8) is 0 Å². The maximum Gasteiger partial charge on any atom is 0.0325 e. The van der Waals surface area contributed by atoms with E-state index in [4.69, 9.17) is 0 Å². The van der Waals surface area contributed by atoms with Crippen molar-refractivity contribution in [2.45, 2.75) is 52.1 Å². The lowest BCUT2D eigenvalue weighted by molar-refractivity contribution is 0.158. The van der Waals surface area contributed by atoms with Crippen molar-refractivity contribution in [2.24, 2.45) is 11.8 Å². The van der Waals surface area contributed by atoms with E-state index in [1.165, 1.54) is 41.6 Å². The molecular formula is C17H29BrN2S. The number of thiophene rings is 1. The highest BCUT2D eigenvalue weighted by molar-refractivity contribution is 9.10. The number of rotatable bonds is 7. The van der Waals surface area contributed by atoms with Gasteiger partial charge in [0.15, 0.2) is 0 Å². The van der Waals surface area contributed by atoms with Crippen LogP contribution in [0.2, 0.25) is 0 Å². The van der Waals surface area contributed by atoms with Gasteiger partial charge in [0.25, 0.3) is 0 Å². The van der Waals surface area contributed by atoms with Crippen LogP contribution >= 0.6 is 27.3 Å². The fourth-order valence-corrected chi connectivity index (χ4v) is 5.00. The second-order valence-electron chi connectivity index (χ2n) is 6.67. The molecule has 0 bridgehead atoms. The summed E-state index contributed by atoms with van der Waals surface area (Å²) in [5.41, 5.74) is 0. The minimum atomic E-state index is 0.721. The number of hydrogen-bond acceptors (Lipinski definition) is 3. The first-order valence-corrected chi connectivity index (χ1v) is 9.90. The van der Waals surface area contributed by atoms with E-state index in [-0.39, 0.29) is 0 Å². The maximum atomic E-state index is 3.78. The number of nitrogens with zero attached hydrogens (tertiary/aromatic N) is 1. The summed E-state index contributed by atoms with van der Waals surface area (Å²) in [6.45, 7) is 8.12. The van der Waals surface area contributed by atoms with Crippen LogP contribution in [0.25, 0.3) is 0 Å². The van der Waals surface area contributed by atoms with Gasteiger partial charge < -0.3 is 10.2 Å². The van der Waals surface area contributed by atoms with Gasteiger partial charge in [-0.25, -0.2) is 0 Å².